The van der Waals surface area contributed by atoms with Gasteiger partial charge in [0.1, 0.15) is 0 Å². The van der Waals surface area contributed by atoms with E-state index in [1.165, 1.54) is 10.6 Å². The van der Waals surface area contributed by atoms with Gasteiger partial charge in [0.2, 0.25) is 10.0 Å². The number of aromatic nitrogens is 2. The Morgan fingerprint density at radius 2 is 2.26 bits per heavy atom. The molecule has 1 aromatic rings. The number of sulfonamides is 1. The summed E-state index contributed by atoms with van der Waals surface area (Å²) in [4.78, 5) is 14.0. The van der Waals surface area contributed by atoms with E-state index in [1.54, 1.807) is 10.3 Å². The van der Waals surface area contributed by atoms with E-state index in [0.29, 0.717) is 25.3 Å². The Morgan fingerprint density at radius 1 is 1.47 bits per heavy atom. The monoisotopic (exact) mass is 302 g/mol. The maximum absolute atomic E-state index is 12.3. The third-order valence-corrected chi connectivity index (χ3v) is 5.56. The lowest BCUT2D eigenvalue weighted by atomic mass is 10.1. The highest BCUT2D eigenvalue weighted by Gasteiger charge is 2.46. The van der Waals surface area contributed by atoms with Crippen LogP contribution in [-0.2, 0) is 10.0 Å². The number of carbonyl (C=O) groups is 1. The van der Waals surface area contributed by atoms with Crippen LogP contribution in [0.5, 0.6) is 0 Å². The maximum Gasteiger partial charge on any atom is 0.275 e. The topological polar surface area (TPSA) is 83.5 Å². The molecule has 3 heterocycles. The zero-order valence-corrected chi connectivity index (χ0v) is 12.0. The number of fused-ring (bicyclic) bond motifs is 1. The molecular weight excluding hydrogens is 288 g/mol. The summed E-state index contributed by atoms with van der Waals surface area (Å²) in [5.74, 6) is 0.0990. The Hall–Kier alpha value is -1.06. The Kier molecular flexibility index (Phi) is 3.06. The van der Waals surface area contributed by atoms with Gasteiger partial charge in [0.15, 0.2) is 5.69 Å². The molecule has 0 saturated carbocycles. The van der Waals surface area contributed by atoms with E-state index in [4.69, 9.17) is 0 Å². The molecule has 7 nitrogen and oxygen atoms in total. The quantitative estimate of drug-likeness (QED) is 0.745. The second-order valence-corrected chi connectivity index (χ2v) is 7.58. The Morgan fingerprint density at radius 3 is 2.89 bits per heavy atom. The van der Waals surface area contributed by atoms with Crippen LogP contribution < -0.4 is 0 Å². The summed E-state index contributed by atoms with van der Waals surface area (Å²) >= 11 is 1.14. The molecule has 2 fully saturated rings. The van der Waals surface area contributed by atoms with Crippen LogP contribution in [-0.4, -0.2) is 65.0 Å². The number of likely N-dealkylation sites (tertiary alicyclic amines) is 1. The molecule has 1 aromatic heterocycles. The fourth-order valence-electron chi connectivity index (χ4n) is 2.85. The van der Waals surface area contributed by atoms with Gasteiger partial charge < -0.3 is 4.90 Å². The van der Waals surface area contributed by atoms with Crippen molar-refractivity contribution in [2.75, 3.05) is 25.9 Å². The fraction of sp³-hybridized carbons (Fsp3) is 0.700. The van der Waals surface area contributed by atoms with Gasteiger partial charge in [-0.15, -0.1) is 5.10 Å². The number of rotatable bonds is 2. The molecule has 2 aliphatic rings. The zero-order chi connectivity index (χ0) is 13.6. The number of hydrogen-bond donors (Lipinski definition) is 0. The van der Waals surface area contributed by atoms with Crippen molar-refractivity contribution < 1.29 is 13.2 Å². The van der Waals surface area contributed by atoms with E-state index in [2.05, 4.69) is 9.59 Å². The number of carbonyl (C=O) groups excluding carboxylic acids is 1. The number of hydrogen-bond acceptors (Lipinski definition) is 6. The molecule has 2 aliphatic heterocycles. The van der Waals surface area contributed by atoms with Crippen molar-refractivity contribution in [1.29, 1.82) is 0 Å². The minimum atomic E-state index is -3.18. The molecule has 0 N–H and O–H groups in total. The van der Waals surface area contributed by atoms with Crippen LogP contribution in [0.3, 0.4) is 0 Å². The molecule has 0 aromatic carbocycles. The first-order valence-electron chi connectivity index (χ1n) is 6.00. The molecule has 9 heteroatoms. The van der Waals surface area contributed by atoms with E-state index >= 15 is 0 Å². The summed E-state index contributed by atoms with van der Waals surface area (Å²) in [6, 6.07) is -0.0241. The van der Waals surface area contributed by atoms with Crippen LogP contribution in [0, 0.1) is 5.92 Å². The summed E-state index contributed by atoms with van der Waals surface area (Å²) in [5, 5.41) is 5.41. The van der Waals surface area contributed by atoms with Gasteiger partial charge in [-0.05, 0) is 23.9 Å². The normalized spacial score (nSPS) is 27.7. The van der Waals surface area contributed by atoms with Crippen molar-refractivity contribution in [2.45, 2.75) is 12.5 Å². The highest BCUT2D eigenvalue weighted by molar-refractivity contribution is 7.88. The van der Waals surface area contributed by atoms with Crippen LogP contribution in [0.4, 0.5) is 0 Å². The van der Waals surface area contributed by atoms with Crippen LogP contribution in [0.2, 0.25) is 0 Å². The molecule has 0 bridgehead atoms. The average molecular weight is 302 g/mol. The molecule has 104 valence electrons. The van der Waals surface area contributed by atoms with E-state index in [0.717, 1.165) is 18.0 Å². The Bertz CT molecular complexity index is 586. The van der Waals surface area contributed by atoms with Gasteiger partial charge in [0.25, 0.3) is 5.91 Å². The van der Waals surface area contributed by atoms with Crippen molar-refractivity contribution in [2.24, 2.45) is 5.92 Å². The van der Waals surface area contributed by atoms with Gasteiger partial charge in [0.05, 0.1) is 6.26 Å². The van der Waals surface area contributed by atoms with Crippen LogP contribution >= 0.6 is 11.5 Å². The van der Waals surface area contributed by atoms with Gasteiger partial charge in [-0.1, -0.05) is 4.49 Å². The highest BCUT2D eigenvalue weighted by atomic mass is 32.2. The van der Waals surface area contributed by atoms with E-state index < -0.39 is 10.0 Å². The first-order valence-corrected chi connectivity index (χ1v) is 8.68. The van der Waals surface area contributed by atoms with Crippen molar-refractivity contribution in [3.8, 4) is 0 Å². The van der Waals surface area contributed by atoms with E-state index in [-0.39, 0.29) is 17.9 Å². The molecule has 0 spiro atoms. The van der Waals surface area contributed by atoms with Crippen molar-refractivity contribution in [1.82, 2.24) is 18.8 Å². The predicted octanol–water partition coefficient (Wildman–Crippen LogP) is -0.356. The van der Waals surface area contributed by atoms with Gasteiger partial charge in [-0.3, -0.25) is 4.79 Å². The van der Waals surface area contributed by atoms with Crippen molar-refractivity contribution >= 4 is 27.5 Å². The van der Waals surface area contributed by atoms with Crippen molar-refractivity contribution in [3.05, 3.63) is 11.1 Å². The van der Waals surface area contributed by atoms with Crippen LogP contribution in [0.15, 0.2) is 5.38 Å². The number of nitrogens with zero attached hydrogens (tertiary/aromatic N) is 4. The summed E-state index contributed by atoms with van der Waals surface area (Å²) in [7, 11) is -3.18. The van der Waals surface area contributed by atoms with Crippen LogP contribution in [0.25, 0.3) is 0 Å². The van der Waals surface area contributed by atoms with Gasteiger partial charge in [-0.25, -0.2) is 8.42 Å². The lowest BCUT2D eigenvalue weighted by molar-refractivity contribution is 0.0726. The lowest BCUT2D eigenvalue weighted by Gasteiger charge is -2.23. The Labute approximate surface area is 115 Å². The standard InChI is InChI=1S/C10H14N4O3S2/c1-19(16,17)13-4-7-2-3-14(9(7)5-13)10(15)8-6-18-12-11-8/h6-7,9H,2-5H2,1H3/t7-,9+/m0/s1. The molecule has 19 heavy (non-hydrogen) atoms. The van der Waals surface area contributed by atoms with E-state index in [9.17, 15) is 13.2 Å². The SMILES string of the molecule is CS(=O)(=O)N1C[C@@H]2CCN(C(=O)c3csnn3)[C@@H]2C1. The third kappa shape index (κ3) is 2.26. The zero-order valence-electron chi connectivity index (χ0n) is 10.4. The van der Waals surface area contributed by atoms with Crippen LogP contribution in [0.1, 0.15) is 16.9 Å². The highest BCUT2D eigenvalue weighted by Crippen LogP contribution is 2.33. The van der Waals surface area contributed by atoms with Gasteiger partial charge in [0, 0.05) is 31.1 Å². The molecule has 3 rings (SSSR count). The minimum Gasteiger partial charge on any atom is -0.333 e. The second kappa shape index (κ2) is 4.50. The number of amides is 1. The summed E-state index contributed by atoms with van der Waals surface area (Å²) in [6.07, 6.45) is 2.06. The minimum absolute atomic E-state index is 0.0241. The predicted molar refractivity (Wildman–Crippen MR) is 69.3 cm³/mol. The first kappa shape index (κ1) is 12.9. The molecule has 0 radical (unpaired) electrons. The average Bonchev–Trinajstić information content (AvgIpc) is 3.03. The molecule has 1 amide bonds. The summed E-state index contributed by atoms with van der Waals surface area (Å²) in [5.41, 5.74) is 0.350. The summed E-state index contributed by atoms with van der Waals surface area (Å²) < 4.78 is 28.3. The molecular formula is C10H14N4O3S2. The second-order valence-electron chi connectivity index (χ2n) is 4.98. The molecule has 0 aliphatic carbocycles. The summed E-state index contributed by atoms with van der Waals surface area (Å²) in [6.45, 7) is 1.58. The first-order chi connectivity index (χ1) is 8.97. The van der Waals surface area contributed by atoms with Gasteiger partial charge in [-0.2, -0.15) is 4.31 Å². The molecule has 0 unspecified atom stereocenters. The third-order valence-electron chi connectivity index (χ3n) is 3.82. The largest absolute Gasteiger partial charge is 0.333 e. The smallest absolute Gasteiger partial charge is 0.275 e. The molecule has 2 saturated heterocycles. The fourth-order valence-corrected chi connectivity index (χ4v) is 4.17. The Balaban J connectivity index is 1.78. The van der Waals surface area contributed by atoms with Crippen molar-refractivity contribution in [3.63, 3.8) is 0 Å². The maximum atomic E-state index is 12.3. The lowest BCUT2D eigenvalue weighted by Crippen LogP contribution is -2.40. The molecule has 2 atom stereocenters. The van der Waals surface area contributed by atoms with Gasteiger partial charge >= 0.3 is 0 Å². The van der Waals surface area contributed by atoms with E-state index in [1.807, 2.05) is 0 Å².